The number of nitrogens with two attached hydrogens (primary N) is 2. The van der Waals surface area contributed by atoms with Gasteiger partial charge in [0.05, 0.1) is 11.4 Å². The monoisotopic (exact) mass is 288 g/mol. The van der Waals surface area contributed by atoms with E-state index in [0.717, 1.165) is 0 Å². The predicted octanol–water partition coefficient (Wildman–Crippen LogP) is 1.47. The number of hydrogen-bond acceptors (Lipinski definition) is 6. The number of phenolic OH excluding ortho intramolecular Hbond substituents is 1. The van der Waals surface area contributed by atoms with Crippen LogP contribution in [-0.2, 0) is 0 Å². The average Bonchev–Trinajstić information content (AvgIpc) is 2.43. The molecular formula is C14H12N2O5. The number of carboxylic acids is 1. The Balaban J connectivity index is 2.41. The third kappa shape index (κ3) is 2.71. The van der Waals surface area contributed by atoms with Gasteiger partial charge in [-0.1, -0.05) is 12.1 Å². The number of ether oxygens (including phenoxy) is 1. The molecule has 7 nitrogen and oxygen atoms in total. The van der Waals surface area contributed by atoms with Gasteiger partial charge in [0.2, 0.25) is 0 Å². The molecular weight excluding hydrogens is 276 g/mol. The second-order valence-electron chi connectivity index (χ2n) is 4.16. The number of para-hydroxylation sites is 2. The molecule has 0 bridgehead atoms. The molecule has 0 aliphatic rings. The zero-order valence-corrected chi connectivity index (χ0v) is 10.7. The number of aromatic hydroxyl groups is 1. The minimum Gasteiger partial charge on any atom is -0.505 e. The third-order valence-electron chi connectivity index (χ3n) is 2.76. The molecule has 0 radical (unpaired) electrons. The fraction of sp³-hybridized carbons (Fsp3) is 0. The Labute approximate surface area is 119 Å². The number of carboxylic acid groups (broad SMARTS) is 1. The number of carbonyl (C=O) groups excluding carboxylic acids is 1. The van der Waals surface area contributed by atoms with Crippen LogP contribution in [0.2, 0.25) is 0 Å². The molecule has 6 N–H and O–H groups in total. The van der Waals surface area contributed by atoms with E-state index in [1.165, 1.54) is 36.4 Å². The van der Waals surface area contributed by atoms with Crippen LogP contribution in [0.4, 0.5) is 11.4 Å². The largest absolute Gasteiger partial charge is 0.505 e. The molecule has 0 aliphatic heterocycles. The molecule has 7 heteroatoms. The highest BCUT2D eigenvalue weighted by molar-refractivity contribution is 5.99. The van der Waals surface area contributed by atoms with E-state index in [0.29, 0.717) is 0 Å². The number of nitrogen functional groups attached to an aromatic ring is 2. The van der Waals surface area contributed by atoms with Crippen molar-refractivity contribution in [3.63, 3.8) is 0 Å². The van der Waals surface area contributed by atoms with Crippen molar-refractivity contribution in [3.05, 3.63) is 47.5 Å². The molecule has 0 aromatic heterocycles. The molecule has 21 heavy (non-hydrogen) atoms. The van der Waals surface area contributed by atoms with Crippen LogP contribution in [0.15, 0.2) is 36.4 Å². The third-order valence-corrected chi connectivity index (χ3v) is 2.76. The molecule has 0 saturated carbocycles. The van der Waals surface area contributed by atoms with Gasteiger partial charge in [0.15, 0.2) is 11.5 Å². The maximum atomic E-state index is 12.0. The van der Waals surface area contributed by atoms with Crippen LogP contribution >= 0.6 is 0 Å². The Morgan fingerprint density at radius 3 is 2.14 bits per heavy atom. The highest BCUT2D eigenvalue weighted by atomic mass is 16.5. The SMILES string of the molecule is Nc1cccc(C(=O)Oc2c(N)cccc2C(=O)O)c1O. The summed E-state index contributed by atoms with van der Waals surface area (Å²) in [5.41, 5.74) is 10.7. The van der Waals surface area contributed by atoms with Crippen molar-refractivity contribution >= 4 is 23.3 Å². The first kappa shape index (κ1) is 14.2. The van der Waals surface area contributed by atoms with Crippen molar-refractivity contribution in [1.29, 1.82) is 0 Å². The molecule has 0 heterocycles. The van der Waals surface area contributed by atoms with Crippen molar-refractivity contribution in [2.24, 2.45) is 0 Å². The Hall–Kier alpha value is -3.22. The zero-order chi connectivity index (χ0) is 15.6. The van der Waals surface area contributed by atoms with E-state index in [1.54, 1.807) is 0 Å². The number of hydrogen-bond donors (Lipinski definition) is 4. The Bertz CT molecular complexity index is 727. The average molecular weight is 288 g/mol. The van der Waals surface area contributed by atoms with Crippen LogP contribution in [0.25, 0.3) is 0 Å². The van der Waals surface area contributed by atoms with Gasteiger partial charge in [-0.15, -0.1) is 0 Å². The van der Waals surface area contributed by atoms with E-state index >= 15 is 0 Å². The molecule has 0 fully saturated rings. The van der Waals surface area contributed by atoms with E-state index in [-0.39, 0.29) is 28.3 Å². The standard InChI is InChI=1S/C14H12N2O5/c15-9-5-1-3-7(11(9)17)14(20)21-12-8(13(18)19)4-2-6-10(12)16/h1-6,17H,15-16H2,(H,18,19). The number of aromatic carboxylic acids is 1. The van der Waals surface area contributed by atoms with Crippen LogP contribution in [0.3, 0.4) is 0 Å². The van der Waals surface area contributed by atoms with E-state index in [4.69, 9.17) is 21.3 Å². The van der Waals surface area contributed by atoms with Crippen molar-refractivity contribution in [2.75, 3.05) is 11.5 Å². The highest BCUT2D eigenvalue weighted by Gasteiger charge is 2.20. The molecule has 0 unspecified atom stereocenters. The Morgan fingerprint density at radius 2 is 1.52 bits per heavy atom. The molecule has 2 aromatic carbocycles. The minimum atomic E-state index is -1.29. The summed E-state index contributed by atoms with van der Waals surface area (Å²) in [6.45, 7) is 0. The van der Waals surface area contributed by atoms with Crippen LogP contribution < -0.4 is 16.2 Å². The van der Waals surface area contributed by atoms with E-state index < -0.39 is 17.7 Å². The van der Waals surface area contributed by atoms with Gasteiger partial charge in [-0.2, -0.15) is 0 Å². The molecule has 108 valence electrons. The molecule has 0 amide bonds. The zero-order valence-electron chi connectivity index (χ0n) is 10.7. The Kier molecular flexibility index (Phi) is 3.66. The summed E-state index contributed by atoms with van der Waals surface area (Å²) in [7, 11) is 0. The first-order valence-electron chi connectivity index (χ1n) is 5.83. The van der Waals surface area contributed by atoms with Crippen LogP contribution in [-0.4, -0.2) is 22.2 Å². The number of benzene rings is 2. The second-order valence-corrected chi connectivity index (χ2v) is 4.16. The molecule has 0 aliphatic carbocycles. The summed E-state index contributed by atoms with van der Waals surface area (Å²) < 4.78 is 5.00. The van der Waals surface area contributed by atoms with Gasteiger partial charge in [-0.05, 0) is 24.3 Å². The lowest BCUT2D eigenvalue weighted by Gasteiger charge is -2.11. The fourth-order valence-electron chi connectivity index (χ4n) is 1.71. The van der Waals surface area contributed by atoms with Gasteiger partial charge in [-0.3, -0.25) is 0 Å². The van der Waals surface area contributed by atoms with Crippen LogP contribution in [0.1, 0.15) is 20.7 Å². The lowest BCUT2D eigenvalue weighted by Crippen LogP contribution is -2.13. The van der Waals surface area contributed by atoms with Crippen molar-refractivity contribution in [3.8, 4) is 11.5 Å². The normalized spacial score (nSPS) is 10.1. The number of rotatable bonds is 3. The van der Waals surface area contributed by atoms with E-state index in [9.17, 15) is 14.7 Å². The number of anilines is 2. The van der Waals surface area contributed by atoms with Crippen molar-refractivity contribution in [1.82, 2.24) is 0 Å². The Morgan fingerprint density at radius 1 is 0.952 bits per heavy atom. The first-order valence-corrected chi connectivity index (χ1v) is 5.83. The van der Waals surface area contributed by atoms with Crippen LogP contribution in [0.5, 0.6) is 11.5 Å². The molecule has 0 saturated heterocycles. The van der Waals surface area contributed by atoms with Crippen LogP contribution in [0, 0.1) is 0 Å². The van der Waals surface area contributed by atoms with Gasteiger partial charge < -0.3 is 26.4 Å². The summed E-state index contributed by atoms with van der Waals surface area (Å²) >= 11 is 0. The maximum absolute atomic E-state index is 12.0. The number of carbonyl (C=O) groups is 2. The highest BCUT2D eigenvalue weighted by Crippen LogP contribution is 2.30. The number of esters is 1. The molecule has 0 spiro atoms. The van der Waals surface area contributed by atoms with E-state index in [1.807, 2.05) is 0 Å². The quantitative estimate of drug-likeness (QED) is 0.290. The van der Waals surface area contributed by atoms with Gasteiger partial charge in [0.1, 0.15) is 11.1 Å². The maximum Gasteiger partial charge on any atom is 0.347 e. The molecule has 2 aromatic rings. The van der Waals surface area contributed by atoms with Gasteiger partial charge in [0.25, 0.3) is 0 Å². The fourth-order valence-corrected chi connectivity index (χ4v) is 1.71. The summed E-state index contributed by atoms with van der Waals surface area (Å²) in [6, 6.07) is 8.24. The lowest BCUT2D eigenvalue weighted by atomic mass is 10.1. The first-order chi connectivity index (χ1) is 9.91. The van der Waals surface area contributed by atoms with Gasteiger partial charge >= 0.3 is 11.9 Å². The summed E-state index contributed by atoms with van der Waals surface area (Å²) in [6.07, 6.45) is 0. The van der Waals surface area contributed by atoms with Crippen molar-refractivity contribution in [2.45, 2.75) is 0 Å². The molecule has 2 rings (SSSR count). The topological polar surface area (TPSA) is 136 Å². The minimum absolute atomic E-state index is 0.00365. The number of phenols is 1. The summed E-state index contributed by atoms with van der Waals surface area (Å²) in [5, 5.41) is 18.8. The second kappa shape index (κ2) is 5.41. The summed E-state index contributed by atoms with van der Waals surface area (Å²) in [4.78, 5) is 23.1. The predicted molar refractivity (Wildman–Crippen MR) is 75.3 cm³/mol. The van der Waals surface area contributed by atoms with Gasteiger partial charge in [-0.25, -0.2) is 9.59 Å². The van der Waals surface area contributed by atoms with Gasteiger partial charge in [0, 0.05) is 0 Å². The van der Waals surface area contributed by atoms with E-state index in [2.05, 4.69) is 0 Å². The van der Waals surface area contributed by atoms with Crippen molar-refractivity contribution < 1.29 is 24.5 Å². The molecule has 0 atom stereocenters. The smallest absolute Gasteiger partial charge is 0.347 e. The lowest BCUT2D eigenvalue weighted by molar-refractivity contribution is 0.0681. The summed E-state index contributed by atoms with van der Waals surface area (Å²) in [5.74, 6) is -2.97.